The van der Waals surface area contributed by atoms with Gasteiger partial charge in [-0.2, -0.15) is 0 Å². The van der Waals surface area contributed by atoms with Gasteiger partial charge in [-0.3, -0.25) is 9.59 Å². The molecule has 0 aliphatic carbocycles. The van der Waals surface area contributed by atoms with Crippen LogP contribution in [0.25, 0.3) is 17.4 Å². The van der Waals surface area contributed by atoms with Gasteiger partial charge in [-0.15, -0.1) is 0 Å². The summed E-state index contributed by atoms with van der Waals surface area (Å²) in [6.07, 6.45) is 3.26. The Labute approximate surface area is 184 Å². The Morgan fingerprint density at radius 2 is 1.80 bits per heavy atom. The minimum atomic E-state index is -0.382. The van der Waals surface area contributed by atoms with Crippen molar-refractivity contribution >= 4 is 52.5 Å². The highest BCUT2D eigenvalue weighted by atomic mass is 35.5. The van der Waals surface area contributed by atoms with E-state index in [0.29, 0.717) is 39.4 Å². The molecule has 154 valence electrons. The molecule has 0 unspecified atom stereocenters. The molecule has 0 aliphatic heterocycles. The maximum atomic E-state index is 12.3. The summed E-state index contributed by atoms with van der Waals surface area (Å²) in [7, 11) is 0. The lowest BCUT2D eigenvalue weighted by molar-refractivity contribution is -0.116. The molecule has 0 fully saturated rings. The molecule has 0 saturated heterocycles. The van der Waals surface area contributed by atoms with Gasteiger partial charge in [0.2, 0.25) is 11.8 Å². The second-order valence-electron chi connectivity index (χ2n) is 6.58. The quantitative estimate of drug-likeness (QED) is 0.424. The second-order valence-corrected chi connectivity index (χ2v) is 7.40. The van der Waals surface area contributed by atoms with Crippen molar-refractivity contribution < 1.29 is 14.0 Å². The first kappa shape index (κ1) is 21.7. The number of benzene rings is 2. The Hall–Kier alpha value is -3.02. The highest BCUT2D eigenvalue weighted by molar-refractivity contribution is 6.34. The van der Waals surface area contributed by atoms with Crippen molar-refractivity contribution in [3.05, 3.63) is 76.0 Å². The van der Waals surface area contributed by atoms with Crippen LogP contribution in [0.1, 0.15) is 24.7 Å². The van der Waals surface area contributed by atoms with Crippen LogP contribution in [0.15, 0.2) is 59.0 Å². The third-order valence-corrected chi connectivity index (χ3v) is 5.05. The van der Waals surface area contributed by atoms with Crippen LogP contribution in [0.5, 0.6) is 0 Å². The summed E-state index contributed by atoms with van der Waals surface area (Å²) in [5.41, 5.74) is 2.79. The van der Waals surface area contributed by atoms with Crippen LogP contribution < -0.4 is 10.6 Å². The Bertz CT molecular complexity index is 1120. The van der Waals surface area contributed by atoms with Crippen molar-refractivity contribution in [3.63, 3.8) is 0 Å². The predicted molar refractivity (Wildman–Crippen MR) is 122 cm³/mol. The van der Waals surface area contributed by atoms with Gasteiger partial charge >= 0.3 is 0 Å². The lowest BCUT2D eigenvalue weighted by Crippen LogP contribution is -2.11. The van der Waals surface area contributed by atoms with E-state index in [1.165, 1.54) is 6.08 Å². The molecule has 0 bridgehead atoms. The number of hydrogen-bond acceptors (Lipinski definition) is 3. The number of aryl methyl sites for hydroxylation is 1. The van der Waals surface area contributed by atoms with E-state index in [0.717, 1.165) is 11.1 Å². The zero-order valence-electron chi connectivity index (χ0n) is 16.5. The van der Waals surface area contributed by atoms with Crippen LogP contribution in [0.3, 0.4) is 0 Å². The average molecular weight is 443 g/mol. The van der Waals surface area contributed by atoms with Crippen LogP contribution in [-0.4, -0.2) is 11.8 Å². The summed E-state index contributed by atoms with van der Waals surface area (Å²) in [6.45, 7) is 3.69. The Morgan fingerprint density at radius 1 is 1.00 bits per heavy atom. The Kier molecular flexibility index (Phi) is 6.98. The minimum Gasteiger partial charge on any atom is -0.457 e. The van der Waals surface area contributed by atoms with Gasteiger partial charge in [0.15, 0.2) is 0 Å². The molecule has 1 aromatic heterocycles. The first-order valence-electron chi connectivity index (χ1n) is 9.30. The molecule has 7 heteroatoms. The van der Waals surface area contributed by atoms with Gasteiger partial charge in [0, 0.05) is 28.8 Å². The SMILES string of the molecule is CCC(=O)Nc1ccc(Cl)c(NC(=O)/C=C/c2ccc(-c3ccc(C)c(Cl)c3)o2)c1. The van der Waals surface area contributed by atoms with Crippen molar-refractivity contribution in [1.82, 2.24) is 0 Å². The summed E-state index contributed by atoms with van der Waals surface area (Å²) in [5.74, 6) is 0.663. The van der Waals surface area contributed by atoms with Gasteiger partial charge in [0.05, 0.1) is 10.7 Å². The van der Waals surface area contributed by atoms with E-state index >= 15 is 0 Å². The van der Waals surface area contributed by atoms with Crippen LogP contribution in [0, 0.1) is 6.92 Å². The van der Waals surface area contributed by atoms with E-state index in [2.05, 4.69) is 10.6 Å². The summed E-state index contributed by atoms with van der Waals surface area (Å²) < 4.78 is 5.77. The molecule has 0 aliphatic rings. The van der Waals surface area contributed by atoms with Crippen molar-refractivity contribution in [2.45, 2.75) is 20.3 Å². The molecular formula is C23H20Cl2N2O3. The highest BCUT2D eigenvalue weighted by Crippen LogP contribution is 2.28. The zero-order chi connectivity index (χ0) is 21.7. The predicted octanol–water partition coefficient (Wildman–Crippen LogP) is 6.56. The maximum Gasteiger partial charge on any atom is 0.248 e. The van der Waals surface area contributed by atoms with E-state index in [1.54, 1.807) is 37.3 Å². The molecule has 3 rings (SSSR count). The number of anilines is 2. The van der Waals surface area contributed by atoms with Crippen molar-refractivity contribution in [1.29, 1.82) is 0 Å². The lowest BCUT2D eigenvalue weighted by Gasteiger charge is -2.09. The van der Waals surface area contributed by atoms with Gasteiger partial charge in [0.1, 0.15) is 11.5 Å². The standard InChI is InChI=1S/C23H20Cl2N2O3/c1-3-22(28)26-16-6-9-18(24)20(13-16)27-23(29)11-8-17-7-10-21(30-17)15-5-4-14(2)19(25)12-15/h4-13H,3H2,1-2H3,(H,26,28)(H,27,29)/b11-8+. The average Bonchev–Trinajstić information content (AvgIpc) is 3.20. The topological polar surface area (TPSA) is 71.3 Å². The third kappa shape index (κ3) is 5.53. The molecule has 1 heterocycles. The van der Waals surface area contributed by atoms with Gasteiger partial charge in [0.25, 0.3) is 0 Å². The second kappa shape index (κ2) is 9.65. The van der Waals surface area contributed by atoms with E-state index < -0.39 is 0 Å². The third-order valence-electron chi connectivity index (χ3n) is 4.31. The molecule has 30 heavy (non-hydrogen) atoms. The molecule has 0 radical (unpaired) electrons. The first-order valence-corrected chi connectivity index (χ1v) is 10.1. The van der Waals surface area contributed by atoms with Gasteiger partial charge in [-0.05, 0) is 55.0 Å². The van der Waals surface area contributed by atoms with Gasteiger partial charge in [-0.25, -0.2) is 0 Å². The summed E-state index contributed by atoms with van der Waals surface area (Å²) >= 11 is 12.3. The smallest absolute Gasteiger partial charge is 0.248 e. The normalized spacial score (nSPS) is 10.9. The molecule has 0 spiro atoms. The summed E-state index contributed by atoms with van der Waals surface area (Å²) in [4.78, 5) is 23.8. The largest absolute Gasteiger partial charge is 0.457 e. The Morgan fingerprint density at radius 3 is 2.53 bits per heavy atom. The maximum absolute atomic E-state index is 12.3. The lowest BCUT2D eigenvalue weighted by atomic mass is 10.1. The van der Waals surface area contributed by atoms with Crippen molar-refractivity contribution in [3.8, 4) is 11.3 Å². The number of rotatable bonds is 6. The van der Waals surface area contributed by atoms with Crippen LogP contribution in [-0.2, 0) is 9.59 Å². The number of nitrogens with one attached hydrogen (secondary N) is 2. The molecule has 2 N–H and O–H groups in total. The number of hydrogen-bond donors (Lipinski definition) is 2. The molecule has 0 atom stereocenters. The fourth-order valence-corrected chi connectivity index (χ4v) is 2.97. The van der Waals surface area contributed by atoms with Crippen molar-refractivity contribution in [2.75, 3.05) is 10.6 Å². The molecule has 2 amide bonds. The summed E-state index contributed by atoms with van der Waals surface area (Å²) in [6, 6.07) is 14.1. The Balaban J connectivity index is 1.68. The molecular weight excluding hydrogens is 423 g/mol. The van der Waals surface area contributed by atoms with Gasteiger partial charge < -0.3 is 15.1 Å². The summed E-state index contributed by atoms with van der Waals surface area (Å²) in [5, 5.41) is 6.45. The van der Waals surface area contributed by atoms with Gasteiger partial charge in [-0.1, -0.05) is 42.3 Å². The molecule has 5 nitrogen and oxygen atoms in total. The van der Waals surface area contributed by atoms with E-state index in [-0.39, 0.29) is 11.8 Å². The van der Waals surface area contributed by atoms with E-state index in [4.69, 9.17) is 27.6 Å². The monoisotopic (exact) mass is 442 g/mol. The number of carbonyl (C=O) groups excluding carboxylic acids is 2. The zero-order valence-corrected chi connectivity index (χ0v) is 18.0. The molecule has 2 aromatic carbocycles. The number of furan rings is 1. The van der Waals surface area contributed by atoms with E-state index in [1.807, 2.05) is 31.2 Å². The number of carbonyl (C=O) groups is 2. The van der Waals surface area contributed by atoms with Crippen LogP contribution >= 0.6 is 23.2 Å². The minimum absolute atomic E-state index is 0.127. The highest BCUT2D eigenvalue weighted by Gasteiger charge is 2.08. The molecule has 0 saturated carbocycles. The van der Waals surface area contributed by atoms with Crippen LogP contribution in [0.2, 0.25) is 10.0 Å². The molecule has 3 aromatic rings. The van der Waals surface area contributed by atoms with E-state index in [9.17, 15) is 9.59 Å². The fourth-order valence-electron chi connectivity index (χ4n) is 2.62. The number of amides is 2. The first-order chi connectivity index (χ1) is 14.4. The van der Waals surface area contributed by atoms with Crippen LogP contribution in [0.4, 0.5) is 11.4 Å². The van der Waals surface area contributed by atoms with Crippen molar-refractivity contribution in [2.24, 2.45) is 0 Å². The number of halogens is 2. The fraction of sp³-hybridized carbons (Fsp3) is 0.130.